The summed E-state index contributed by atoms with van der Waals surface area (Å²) in [7, 11) is 5.07. The van der Waals surface area contributed by atoms with Crippen molar-refractivity contribution in [3.8, 4) is 22.8 Å². The molecule has 0 aliphatic heterocycles. The number of imidazole rings is 1. The van der Waals surface area contributed by atoms with Crippen molar-refractivity contribution in [2.75, 3.05) is 19.5 Å². The Hall–Kier alpha value is -5.06. The average Bonchev–Trinajstić information content (AvgIpc) is 3.81. The van der Waals surface area contributed by atoms with Crippen LogP contribution in [0.1, 0.15) is 79.3 Å². The van der Waals surface area contributed by atoms with Gasteiger partial charge in [-0.25, -0.2) is 9.78 Å². The molecule has 7 rings (SSSR count). The number of hydrogen-bond acceptors (Lipinski definition) is 7. The number of methoxy groups -OCH3 is 2. The van der Waals surface area contributed by atoms with Crippen molar-refractivity contribution < 1.29 is 23.8 Å². The molecule has 2 amide bonds. The van der Waals surface area contributed by atoms with Crippen molar-refractivity contribution in [2.24, 2.45) is 7.05 Å². The van der Waals surface area contributed by atoms with Crippen molar-refractivity contribution in [3.63, 3.8) is 0 Å². The maximum Gasteiger partial charge on any atom is 0.407 e. The Balaban J connectivity index is 1.12. The minimum atomic E-state index is -0.305. The van der Waals surface area contributed by atoms with Gasteiger partial charge in [0.2, 0.25) is 0 Å². The number of amides is 2. The van der Waals surface area contributed by atoms with Crippen LogP contribution in [-0.4, -0.2) is 57.3 Å². The maximum absolute atomic E-state index is 13.5. The summed E-state index contributed by atoms with van der Waals surface area (Å²) in [6.45, 7) is 1.98. The van der Waals surface area contributed by atoms with Gasteiger partial charge < -0.3 is 29.4 Å². The summed E-state index contributed by atoms with van der Waals surface area (Å²) in [6.07, 6.45) is 11.4. The lowest BCUT2D eigenvalue weighted by Crippen LogP contribution is -2.36. The molecule has 0 saturated heterocycles. The van der Waals surface area contributed by atoms with E-state index in [4.69, 9.17) is 19.2 Å². The molecule has 2 aromatic carbocycles. The number of rotatable bonds is 8. The zero-order chi connectivity index (χ0) is 33.4. The second-order valence-electron chi connectivity index (χ2n) is 12.9. The van der Waals surface area contributed by atoms with Gasteiger partial charge >= 0.3 is 6.09 Å². The van der Waals surface area contributed by atoms with Crippen LogP contribution in [0, 0.1) is 6.92 Å². The van der Waals surface area contributed by atoms with Gasteiger partial charge in [0.15, 0.2) is 0 Å². The van der Waals surface area contributed by atoms with Crippen LogP contribution in [0.3, 0.4) is 0 Å². The summed E-state index contributed by atoms with van der Waals surface area (Å²) in [6, 6.07) is 13.3. The van der Waals surface area contributed by atoms with E-state index in [1.165, 1.54) is 6.42 Å². The van der Waals surface area contributed by atoms with E-state index in [1.807, 2.05) is 67.2 Å². The molecule has 0 spiro atoms. The van der Waals surface area contributed by atoms with Crippen LogP contribution in [-0.2, 0) is 11.8 Å². The molecule has 11 nitrogen and oxygen atoms in total. The second-order valence-corrected chi connectivity index (χ2v) is 12.9. The molecule has 0 unspecified atom stereocenters. The van der Waals surface area contributed by atoms with Gasteiger partial charge in [-0.05, 0) is 82.2 Å². The number of carbonyl (C=O) groups is 2. The van der Waals surface area contributed by atoms with Gasteiger partial charge in [-0.15, -0.1) is 0 Å². The first kappa shape index (κ1) is 31.5. The zero-order valence-corrected chi connectivity index (χ0v) is 27.9. The first-order valence-corrected chi connectivity index (χ1v) is 16.8. The largest absolute Gasteiger partial charge is 0.496 e. The highest BCUT2D eigenvalue weighted by molar-refractivity contribution is 6.08. The van der Waals surface area contributed by atoms with Crippen LogP contribution in [0.2, 0.25) is 0 Å². The van der Waals surface area contributed by atoms with Crippen molar-refractivity contribution >= 4 is 34.1 Å². The molecule has 2 atom stereocenters. The number of aromatic nitrogens is 4. The SMILES string of the molecule is COc1cc(-c2nc([C@H]3CC[C@H](NC(=O)OC4CCCCC4)C3)n3ccnc(C)c23)ccc1NC(=O)c1cc2c(OC)cccc2n1C. The summed E-state index contributed by atoms with van der Waals surface area (Å²) in [5.41, 5.74) is 5.37. The van der Waals surface area contributed by atoms with E-state index in [1.54, 1.807) is 20.4 Å². The van der Waals surface area contributed by atoms with Crippen LogP contribution >= 0.6 is 0 Å². The third-order valence-electron chi connectivity index (χ3n) is 9.93. The first-order valence-electron chi connectivity index (χ1n) is 16.8. The van der Waals surface area contributed by atoms with Gasteiger partial charge in [-0.3, -0.25) is 14.2 Å². The molecular weight excluding hydrogens is 608 g/mol. The van der Waals surface area contributed by atoms with Crippen LogP contribution in [0.15, 0.2) is 54.9 Å². The molecule has 2 aliphatic rings. The van der Waals surface area contributed by atoms with Gasteiger partial charge in [0.05, 0.1) is 42.3 Å². The highest BCUT2D eigenvalue weighted by Gasteiger charge is 2.32. The third-order valence-corrected chi connectivity index (χ3v) is 9.93. The molecule has 2 aliphatic carbocycles. The van der Waals surface area contributed by atoms with Crippen molar-refractivity contribution in [1.82, 2.24) is 24.3 Å². The molecule has 3 heterocycles. The lowest BCUT2D eigenvalue weighted by molar-refractivity contribution is 0.0729. The van der Waals surface area contributed by atoms with Gasteiger partial charge in [-0.1, -0.05) is 18.6 Å². The smallest absolute Gasteiger partial charge is 0.407 e. The number of aryl methyl sites for hydroxylation is 2. The minimum absolute atomic E-state index is 0.0318. The van der Waals surface area contributed by atoms with E-state index < -0.39 is 0 Å². The molecule has 48 heavy (non-hydrogen) atoms. The fourth-order valence-corrected chi connectivity index (χ4v) is 7.45. The third kappa shape index (κ3) is 5.93. The van der Waals surface area contributed by atoms with Crippen LogP contribution in [0.25, 0.3) is 27.7 Å². The van der Waals surface area contributed by atoms with E-state index in [2.05, 4.69) is 20.0 Å². The number of benzene rings is 2. The van der Waals surface area contributed by atoms with E-state index in [0.29, 0.717) is 22.9 Å². The highest BCUT2D eigenvalue weighted by Crippen LogP contribution is 2.39. The Bertz CT molecular complexity index is 1990. The summed E-state index contributed by atoms with van der Waals surface area (Å²) in [4.78, 5) is 35.9. The number of nitrogens with one attached hydrogen (secondary N) is 2. The number of anilines is 1. The number of nitrogens with zero attached hydrogens (tertiary/aromatic N) is 4. The lowest BCUT2D eigenvalue weighted by Gasteiger charge is -2.23. The molecule has 3 aromatic heterocycles. The molecule has 5 aromatic rings. The Morgan fingerprint density at radius 3 is 2.56 bits per heavy atom. The predicted molar refractivity (Wildman–Crippen MR) is 184 cm³/mol. The summed E-state index contributed by atoms with van der Waals surface area (Å²) < 4.78 is 21.0. The Morgan fingerprint density at radius 1 is 0.958 bits per heavy atom. The molecule has 2 saturated carbocycles. The number of ether oxygens (including phenoxy) is 3. The fraction of sp³-hybridized carbons (Fsp3) is 0.405. The van der Waals surface area contributed by atoms with Crippen LogP contribution < -0.4 is 20.1 Å². The van der Waals surface area contributed by atoms with Crippen molar-refractivity contribution in [1.29, 1.82) is 0 Å². The van der Waals surface area contributed by atoms with Crippen molar-refractivity contribution in [2.45, 2.75) is 76.4 Å². The predicted octanol–water partition coefficient (Wildman–Crippen LogP) is 7.16. The zero-order valence-electron chi connectivity index (χ0n) is 27.9. The van der Waals surface area contributed by atoms with Crippen molar-refractivity contribution in [3.05, 3.63) is 72.1 Å². The number of hydrogen-bond donors (Lipinski definition) is 2. The van der Waals surface area contributed by atoms with Crippen LogP contribution in [0.5, 0.6) is 11.5 Å². The van der Waals surface area contributed by atoms with E-state index >= 15 is 0 Å². The quantitative estimate of drug-likeness (QED) is 0.183. The summed E-state index contributed by atoms with van der Waals surface area (Å²) in [5.74, 6) is 2.07. The molecular formula is C37H42N6O5. The average molecular weight is 651 g/mol. The molecule has 250 valence electrons. The maximum atomic E-state index is 13.5. The van der Waals surface area contributed by atoms with Gasteiger partial charge in [0.25, 0.3) is 5.91 Å². The van der Waals surface area contributed by atoms with E-state index in [9.17, 15) is 9.59 Å². The Morgan fingerprint density at radius 2 is 1.77 bits per heavy atom. The van der Waals surface area contributed by atoms with Gasteiger partial charge in [0.1, 0.15) is 29.1 Å². The normalized spacial score (nSPS) is 18.2. The number of fused-ring (bicyclic) bond motifs is 2. The fourth-order valence-electron chi connectivity index (χ4n) is 7.45. The van der Waals surface area contributed by atoms with E-state index in [-0.39, 0.29) is 30.1 Å². The van der Waals surface area contributed by atoms with E-state index in [0.717, 1.165) is 84.1 Å². The molecule has 11 heteroatoms. The number of carbonyl (C=O) groups excluding carboxylic acids is 2. The molecule has 2 fully saturated rings. The Labute approximate surface area is 279 Å². The highest BCUT2D eigenvalue weighted by atomic mass is 16.6. The minimum Gasteiger partial charge on any atom is -0.496 e. The van der Waals surface area contributed by atoms with Crippen LogP contribution in [0.4, 0.5) is 10.5 Å². The van der Waals surface area contributed by atoms with Gasteiger partial charge in [-0.2, -0.15) is 0 Å². The summed E-state index contributed by atoms with van der Waals surface area (Å²) in [5, 5.41) is 7.02. The Kier molecular flexibility index (Phi) is 8.68. The first-order chi connectivity index (χ1) is 23.3. The second kappa shape index (κ2) is 13.2. The number of alkyl carbamates (subject to hydrolysis) is 1. The summed E-state index contributed by atoms with van der Waals surface area (Å²) >= 11 is 0. The topological polar surface area (TPSA) is 121 Å². The molecule has 2 N–H and O–H groups in total. The van der Waals surface area contributed by atoms with Gasteiger partial charge in [0, 0.05) is 42.4 Å². The monoisotopic (exact) mass is 650 g/mol. The molecule has 0 radical (unpaired) electrons. The standard InChI is InChI=1S/C37H42N6O5/c1-22-34-33(41-35(43(34)18-17-38-22)24-13-15-25(19-24)39-37(45)48-26-9-6-5-7-10-26)23-14-16-28(32(20-23)47-4)40-36(44)30-21-27-29(42(30)2)11-8-12-31(27)46-3/h8,11-12,14,16-18,20-21,24-26H,5-7,9-10,13,15,19H2,1-4H3,(H,39,45)(H,40,44)/t24-,25-/m0/s1. The molecule has 0 bridgehead atoms. The lowest BCUT2D eigenvalue weighted by atomic mass is 9.98.